The third-order valence-electron chi connectivity index (χ3n) is 7.78. The Morgan fingerprint density at radius 3 is 2.48 bits per heavy atom. The maximum absolute atomic E-state index is 13.4. The minimum atomic E-state index is -1.54. The number of carboxylic acid groups (broad SMARTS) is 1. The van der Waals surface area contributed by atoms with Crippen molar-refractivity contribution in [2.24, 2.45) is 11.1 Å². The molecule has 1 aliphatic rings. The van der Waals surface area contributed by atoms with Crippen molar-refractivity contribution in [1.82, 2.24) is 9.88 Å². The molecule has 0 spiro atoms. The van der Waals surface area contributed by atoms with Gasteiger partial charge >= 0.3 is 5.97 Å². The van der Waals surface area contributed by atoms with Gasteiger partial charge in [-0.25, -0.2) is 13.2 Å². The van der Waals surface area contributed by atoms with Gasteiger partial charge in [0.1, 0.15) is 18.1 Å². The lowest BCUT2D eigenvalue weighted by Gasteiger charge is -2.41. The SMILES string of the molecule is COc1ccc2ncc(CN)c(C(O)CCC3(CC(=O)O)CCN(CCOc4cc(F)c(F)c(F)c4)CC3)c2c1. The third kappa shape index (κ3) is 6.83. The second-order valence-electron chi connectivity index (χ2n) is 10.3. The highest BCUT2D eigenvalue weighted by atomic mass is 19.2. The van der Waals surface area contributed by atoms with Crippen LogP contribution in [-0.2, 0) is 11.3 Å². The molecule has 8 nitrogen and oxygen atoms in total. The highest BCUT2D eigenvalue weighted by Gasteiger charge is 2.37. The standard InChI is InChI=1S/C29H34F3N3O5/c1-39-19-2-3-24-21(12-19)27(18(16-33)17-34-24)25(36)4-5-29(15-26(37)38)6-8-35(9-7-29)10-11-40-20-13-22(30)28(32)23(31)14-20/h2-3,12-14,17,25,36H,4-11,15-16,33H2,1H3,(H,37,38). The summed E-state index contributed by atoms with van der Waals surface area (Å²) in [6.45, 7) is 1.98. The second-order valence-corrected chi connectivity index (χ2v) is 10.3. The number of rotatable bonds is 12. The van der Waals surface area contributed by atoms with Crippen LogP contribution in [-0.4, -0.2) is 59.4 Å². The van der Waals surface area contributed by atoms with Gasteiger partial charge in [-0.15, -0.1) is 0 Å². The maximum Gasteiger partial charge on any atom is 0.303 e. The van der Waals surface area contributed by atoms with E-state index in [0.717, 1.165) is 23.1 Å². The number of carboxylic acids is 1. The number of piperidine rings is 1. The molecule has 4 rings (SSSR count). The molecular weight excluding hydrogens is 527 g/mol. The van der Waals surface area contributed by atoms with Crippen LogP contribution in [0.4, 0.5) is 13.2 Å². The van der Waals surface area contributed by atoms with Crippen LogP contribution in [0.2, 0.25) is 0 Å². The van der Waals surface area contributed by atoms with Gasteiger partial charge in [0.25, 0.3) is 0 Å². The summed E-state index contributed by atoms with van der Waals surface area (Å²) in [6, 6.07) is 7.04. The number of carbonyl (C=O) groups is 1. The number of hydrogen-bond donors (Lipinski definition) is 3. The van der Waals surface area contributed by atoms with E-state index in [4.69, 9.17) is 15.2 Å². The topological polar surface area (TPSA) is 118 Å². The summed E-state index contributed by atoms with van der Waals surface area (Å²) in [5.74, 6) is -4.53. The van der Waals surface area contributed by atoms with Crippen LogP contribution >= 0.6 is 0 Å². The van der Waals surface area contributed by atoms with Crippen molar-refractivity contribution >= 4 is 16.9 Å². The average molecular weight is 562 g/mol. The molecule has 1 saturated heterocycles. The van der Waals surface area contributed by atoms with Gasteiger partial charge in [-0.1, -0.05) is 0 Å². The number of hydrogen-bond acceptors (Lipinski definition) is 7. The summed E-state index contributed by atoms with van der Waals surface area (Å²) in [7, 11) is 1.56. The highest BCUT2D eigenvalue weighted by molar-refractivity contribution is 5.85. The number of likely N-dealkylation sites (tertiary alicyclic amines) is 1. The molecule has 4 N–H and O–H groups in total. The van der Waals surface area contributed by atoms with Crippen LogP contribution in [0.5, 0.6) is 11.5 Å². The van der Waals surface area contributed by atoms with Crippen molar-refractivity contribution in [3.8, 4) is 11.5 Å². The molecule has 0 aliphatic carbocycles. The third-order valence-corrected chi connectivity index (χ3v) is 7.78. The van der Waals surface area contributed by atoms with E-state index in [0.29, 0.717) is 62.1 Å². The first-order chi connectivity index (χ1) is 19.1. The molecule has 1 fully saturated rings. The number of methoxy groups -OCH3 is 1. The van der Waals surface area contributed by atoms with E-state index in [9.17, 15) is 28.2 Å². The summed E-state index contributed by atoms with van der Waals surface area (Å²) < 4.78 is 50.7. The van der Waals surface area contributed by atoms with Crippen LogP contribution in [0, 0.1) is 22.9 Å². The molecule has 0 saturated carbocycles. The number of aliphatic hydroxyl groups is 1. The average Bonchev–Trinajstić information content (AvgIpc) is 2.94. The molecule has 1 aromatic heterocycles. The van der Waals surface area contributed by atoms with E-state index in [1.165, 1.54) is 0 Å². The van der Waals surface area contributed by atoms with E-state index >= 15 is 0 Å². The Morgan fingerprint density at radius 2 is 1.85 bits per heavy atom. The Kier molecular flexibility index (Phi) is 9.49. The molecular formula is C29H34F3N3O5. The first-order valence-corrected chi connectivity index (χ1v) is 13.2. The van der Waals surface area contributed by atoms with Gasteiger partial charge in [-0.2, -0.15) is 0 Å². The van der Waals surface area contributed by atoms with E-state index in [2.05, 4.69) is 9.88 Å². The molecule has 0 bridgehead atoms. The van der Waals surface area contributed by atoms with Gasteiger partial charge < -0.3 is 25.4 Å². The molecule has 216 valence electrons. The number of pyridine rings is 1. The number of aromatic nitrogens is 1. The molecule has 1 atom stereocenters. The number of fused-ring (bicyclic) bond motifs is 1. The number of aliphatic hydroxyl groups excluding tert-OH is 1. The molecule has 40 heavy (non-hydrogen) atoms. The van der Waals surface area contributed by atoms with E-state index in [-0.39, 0.29) is 25.3 Å². The number of nitrogens with two attached hydrogens (primary N) is 1. The predicted octanol–water partition coefficient (Wildman–Crippen LogP) is 4.57. The molecule has 3 aromatic rings. The number of ether oxygens (including phenoxy) is 2. The van der Waals surface area contributed by atoms with Gasteiger partial charge in [-0.05, 0) is 73.5 Å². The smallest absolute Gasteiger partial charge is 0.303 e. The molecule has 2 heterocycles. The zero-order valence-electron chi connectivity index (χ0n) is 22.3. The van der Waals surface area contributed by atoms with Gasteiger partial charge in [-0.3, -0.25) is 14.7 Å². The Hall–Kier alpha value is -3.41. The summed E-state index contributed by atoms with van der Waals surface area (Å²) in [6.07, 6.45) is 2.81. The lowest BCUT2D eigenvalue weighted by Crippen LogP contribution is -2.42. The van der Waals surface area contributed by atoms with Gasteiger partial charge in [0, 0.05) is 36.8 Å². The Bertz CT molecular complexity index is 1320. The fourth-order valence-electron chi connectivity index (χ4n) is 5.50. The zero-order chi connectivity index (χ0) is 28.9. The van der Waals surface area contributed by atoms with Gasteiger partial charge in [0.15, 0.2) is 17.5 Å². The van der Waals surface area contributed by atoms with Crippen molar-refractivity contribution in [2.45, 2.75) is 44.8 Å². The first kappa shape index (κ1) is 29.6. The van der Waals surface area contributed by atoms with Crippen LogP contribution in [0.25, 0.3) is 10.9 Å². The quantitative estimate of drug-likeness (QED) is 0.275. The van der Waals surface area contributed by atoms with Crippen LogP contribution < -0.4 is 15.2 Å². The number of aliphatic carboxylic acids is 1. The molecule has 11 heteroatoms. The molecule has 0 amide bonds. The first-order valence-electron chi connectivity index (χ1n) is 13.2. The van der Waals surface area contributed by atoms with Crippen molar-refractivity contribution < 1.29 is 37.7 Å². The minimum absolute atomic E-state index is 0.0210. The lowest BCUT2D eigenvalue weighted by atomic mass is 9.71. The van der Waals surface area contributed by atoms with Crippen molar-refractivity contribution in [3.05, 3.63) is 65.1 Å². The van der Waals surface area contributed by atoms with E-state index in [1.807, 2.05) is 12.1 Å². The fraction of sp³-hybridized carbons (Fsp3) is 0.448. The van der Waals surface area contributed by atoms with Crippen molar-refractivity contribution in [1.29, 1.82) is 0 Å². The highest BCUT2D eigenvalue weighted by Crippen LogP contribution is 2.42. The summed E-state index contributed by atoms with van der Waals surface area (Å²) in [5.41, 5.74) is 7.56. The Morgan fingerprint density at radius 1 is 1.15 bits per heavy atom. The minimum Gasteiger partial charge on any atom is -0.497 e. The predicted molar refractivity (Wildman–Crippen MR) is 143 cm³/mol. The van der Waals surface area contributed by atoms with Gasteiger partial charge in [0.2, 0.25) is 0 Å². The molecule has 1 aliphatic heterocycles. The van der Waals surface area contributed by atoms with Crippen LogP contribution in [0.15, 0.2) is 36.5 Å². The fourth-order valence-corrected chi connectivity index (χ4v) is 5.50. The largest absolute Gasteiger partial charge is 0.497 e. The van der Waals surface area contributed by atoms with E-state index in [1.54, 1.807) is 19.4 Å². The Balaban J connectivity index is 1.40. The summed E-state index contributed by atoms with van der Waals surface area (Å²) >= 11 is 0. The number of halogens is 3. The maximum atomic E-state index is 13.4. The number of benzene rings is 2. The summed E-state index contributed by atoms with van der Waals surface area (Å²) in [5, 5.41) is 21.7. The molecule has 1 unspecified atom stereocenters. The Labute approximate surface area is 230 Å². The lowest BCUT2D eigenvalue weighted by molar-refractivity contribution is -0.141. The molecule has 2 aromatic carbocycles. The van der Waals surface area contributed by atoms with Crippen LogP contribution in [0.1, 0.15) is 49.3 Å². The van der Waals surface area contributed by atoms with Crippen LogP contribution in [0.3, 0.4) is 0 Å². The summed E-state index contributed by atoms with van der Waals surface area (Å²) in [4.78, 5) is 18.3. The van der Waals surface area contributed by atoms with Crippen molar-refractivity contribution in [2.75, 3.05) is 33.4 Å². The van der Waals surface area contributed by atoms with Crippen molar-refractivity contribution in [3.63, 3.8) is 0 Å². The zero-order valence-corrected chi connectivity index (χ0v) is 22.3. The number of nitrogens with zero attached hydrogens (tertiary/aromatic N) is 2. The van der Waals surface area contributed by atoms with E-state index < -0.39 is 34.9 Å². The second kappa shape index (κ2) is 12.8. The van der Waals surface area contributed by atoms with Gasteiger partial charge in [0.05, 0.1) is 25.2 Å². The normalized spacial score (nSPS) is 16.1. The monoisotopic (exact) mass is 561 g/mol. The molecule has 0 radical (unpaired) electrons.